The summed E-state index contributed by atoms with van der Waals surface area (Å²) in [5.74, 6) is 1.96. The molecule has 0 aromatic rings. The van der Waals surface area contributed by atoms with E-state index in [1.807, 2.05) is 54.2 Å². The summed E-state index contributed by atoms with van der Waals surface area (Å²) in [7, 11) is 3.77. The van der Waals surface area contributed by atoms with E-state index in [0.717, 1.165) is 147 Å². The van der Waals surface area contributed by atoms with Gasteiger partial charge in [0.05, 0.1) is 37.6 Å². The summed E-state index contributed by atoms with van der Waals surface area (Å²) in [6, 6.07) is 0. The van der Waals surface area contributed by atoms with Crippen molar-refractivity contribution in [2.75, 3.05) is 110 Å². The molecule has 0 bridgehead atoms. The van der Waals surface area contributed by atoms with Crippen LogP contribution in [0.15, 0.2) is 0 Å². The molecule has 18 nitrogen and oxygen atoms in total. The normalized spacial score (nSPS) is 14.8. The maximum Gasteiger partial charge on any atom is 0.306 e. The van der Waals surface area contributed by atoms with Gasteiger partial charge in [0, 0.05) is 109 Å². The molecule has 0 radical (unpaired) electrons. The van der Waals surface area contributed by atoms with Crippen molar-refractivity contribution in [2.45, 2.75) is 265 Å². The molecule has 500 valence electrons. The first-order chi connectivity index (χ1) is 40.8. The first-order valence-corrected chi connectivity index (χ1v) is 36.1. The van der Waals surface area contributed by atoms with Gasteiger partial charge in [0.15, 0.2) is 0 Å². The third-order valence-corrected chi connectivity index (χ3v) is 18.1. The summed E-state index contributed by atoms with van der Waals surface area (Å²) in [4.78, 5) is 70.6. The predicted octanol–water partition coefficient (Wildman–Crippen LogP) is 10.4. The molecule has 0 aromatic heterocycles. The number of aliphatic hydroxyl groups is 4. The summed E-state index contributed by atoms with van der Waals surface area (Å²) < 4.78 is 27.3. The number of unbranched alkanes of at least 4 members (excludes halogenated alkanes) is 6. The molecule has 85 heavy (non-hydrogen) atoms. The molecule has 1 saturated heterocycles. The van der Waals surface area contributed by atoms with Gasteiger partial charge in [-0.15, -0.1) is 0 Å². The van der Waals surface area contributed by atoms with Gasteiger partial charge in [-0.2, -0.15) is 0 Å². The quantitative estimate of drug-likeness (QED) is 0.0192. The van der Waals surface area contributed by atoms with E-state index in [-0.39, 0.29) is 74.4 Å². The minimum absolute atomic E-state index is 0.0931. The summed E-state index contributed by atoms with van der Waals surface area (Å²) in [5.41, 5.74) is 0. The Kier molecular flexibility index (Phi) is 50.9. The second-order valence-electron chi connectivity index (χ2n) is 24.5. The molecule has 4 N–H and O–H groups in total. The highest BCUT2D eigenvalue weighted by molar-refractivity contribution is 8.76. The highest BCUT2D eigenvalue weighted by Gasteiger charge is 2.22. The Morgan fingerprint density at radius 1 is 0.400 bits per heavy atom. The van der Waals surface area contributed by atoms with Gasteiger partial charge in [0.25, 0.3) is 0 Å². The number of carbonyl (C=O) groups is 5. The van der Waals surface area contributed by atoms with Crippen LogP contribution in [0.3, 0.4) is 0 Å². The number of aliphatic hydroxyl groups excluding tert-OH is 4. The molecule has 4 unspecified atom stereocenters. The van der Waals surface area contributed by atoms with Crippen LogP contribution < -0.4 is 0 Å². The molecule has 1 rings (SSSR count). The van der Waals surface area contributed by atoms with E-state index in [0.29, 0.717) is 116 Å². The zero-order valence-electron chi connectivity index (χ0n) is 54.7. The van der Waals surface area contributed by atoms with E-state index in [4.69, 9.17) is 23.7 Å². The molecular formula is C65H124N4O14S2. The summed E-state index contributed by atoms with van der Waals surface area (Å²) >= 11 is 0. The van der Waals surface area contributed by atoms with E-state index in [2.05, 4.69) is 42.4 Å². The fourth-order valence-electron chi connectivity index (χ4n) is 10.1. The number of rotatable bonds is 57. The van der Waals surface area contributed by atoms with Gasteiger partial charge in [0.2, 0.25) is 0 Å². The molecule has 20 heteroatoms. The number of esters is 5. The lowest BCUT2D eigenvalue weighted by atomic mass is 10.1. The lowest BCUT2D eigenvalue weighted by Gasteiger charge is -2.34. The average molecular weight is 1250 g/mol. The van der Waals surface area contributed by atoms with Gasteiger partial charge < -0.3 is 44.1 Å². The van der Waals surface area contributed by atoms with Crippen LogP contribution >= 0.6 is 21.6 Å². The van der Waals surface area contributed by atoms with Crippen LogP contribution in [0.2, 0.25) is 0 Å². The summed E-state index contributed by atoms with van der Waals surface area (Å²) in [5, 5.41) is 44.1. The number of piperazine rings is 1. The molecule has 1 aliphatic rings. The number of hydrogen-bond acceptors (Lipinski definition) is 20. The van der Waals surface area contributed by atoms with E-state index in [1.54, 1.807) is 0 Å². The molecule has 0 amide bonds. The Morgan fingerprint density at radius 3 is 1.15 bits per heavy atom. The van der Waals surface area contributed by atoms with Crippen molar-refractivity contribution in [2.24, 2.45) is 11.8 Å². The van der Waals surface area contributed by atoms with Crippen molar-refractivity contribution < 1.29 is 68.1 Å². The van der Waals surface area contributed by atoms with Crippen molar-refractivity contribution >= 4 is 51.4 Å². The maximum atomic E-state index is 12.9. The lowest BCUT2D eigenvalue weighted by Crippen LogP contribution is -2.47. The van der Waals surface area contributed by atoms with Crippen molar-refractivity contribution in [3.8, 4) is 0 Å². The van der Waals surface area contributed by atoms with E-state index < -0.39 is 24.4 Å². The molecule has 1 fully saturated rings. The van der Waals surface area contributed by atoms with Crippen LogP contribution in [0.1, 0.15) is 229 Å². The Labute approximate surface area is 523 Å². The second-order valence-corrected chi connectivity index (χ2v) is 27.2. The minimum Gasteiger partial charge on any atom is -0.466 e. The van der Waals surface area contributed by atoms with E-state index in [9.17, 15) is 44.4 Å². The molecular weight excluding hydrogens is 1120 g/mol. The standard InChI is InChI=1S/C65H124N4O14S2/c1-9-59(10-2)82-64(77)31-21-27-57(72)51-68(52-58(73)28-22-32-65(78)83-60(11-3)12-4)36-23-33-63(76)81-46-42-66-38-40-67(41-39-66)43-48-85-84-47-24-37-69(49-55(70)25-17-13-15-19-29-61(74)79-44-34-53(5)6)50-56(71)26-18-14-16-20-30-62(75)80-45-35-54(7)8/h53-60,70-73H,9-52H2,1-8H3. The predicted molar refractivity (Wildman–Crippen MR) is 344 cm³/mol. The van der Waals surface area contributed by atoms with Gasteiger partial charge in [-0.1, -0.05) is 116 Å². The Bertz CT molecular complexity index is 1570. The topological polar surface area (TPSA) is 225 Å². The molecule has 0 saturated carbocycles. The fourth-order valence-corrected chi connectivity index (χ4v) is 12.2. The summed E-state index contributed by atoms with van der Waals surface area (Å²) in [6.07, 6.45) is 15.5. The third-order valence-electron chi connectivity index (χ3n) is 15.6. The van der Waals surface area contributed by atoms with Crippen LogP contribution in [0, 0.1) is 11.8 Å². The highest BCUT2D eigenvalue weighted by atomic mass is 33.1. The van der Waals surface area contributed by atoms with Crippen LogP contribution in [0.25, 0.3) is 0 Å². The smallest absolute Gasteiger partial charge is 0.306 e. The van der Waals surface area contributed by atoms with E-state index in [1.165, 1.54) is 0 Å². The first kappa shape index (κ1) is 80.7. The van der Waals surface area contributed by atoms with Crippen molar-refractivity contribution in [1.82, 2.24) is 19.6 Å². The first-order valence-electron chi connectivity index (χ1n) is 33.6. The maximum absolute atomic E-state index is 12.9. The Morgan fingerprint density at radius 2 is 0.741 bits per heavy atom. The zero-order chi connectivity index (χ0) is 62.9. The Hall–Kier alpha value is -2.27. The van der Waals surface area contributed by atoms with E-state index >= 15 is 0 Å². The fraction of sp³-hybridized carbons (Fsp3) is 0.923. The van der Waals surface area contributed by atoms with Crippen LogP contribution in [0.4, 0.5) is 0 Å². The third kappa shape index (κ3) is 48.3. The van der Waals surface area contributed by atoms with Crippen LogP contribution in [-0.4, -0.2) is 216 Å². The number of ether oxygens (including phenoxy) is 5. The molecule has 1 heterocycles. The molecule has 4 atom stereocenters. The minimum atomic E-state index is -0.728. The second kappa shape index (κ2) is 53.6. The largest absolute Gasteiger partial charge is 0.466 e. The summed E-state index contributed by atoms with van der Waals surface area (Å²) in [6.45, 7) is 26.0. The monoisotopic (exact) mass is 1250 g/mol. The van der Waals surface area contributed by atoms with Crippen molar-refractivity contribution in [1.29, 1.82) is 0 Å². The van der Waals surface area contributed by atoms with Gasteiger partial charge in [0.1, 0.15) is 18.8 Å². The molecule has 0 aromatic carbocycles. The van der Waals surface area contributed by atoms with Crippen LogP contribution in [-0.2, 0) is 47.7 Å². The average Bonchev–Trinajstić information content (AvgIpc) is 3.51. The number of carbonyl (C=O) groups excluding carboxylic acids is 5. The zero-order valence-corrected chi connectivity index (χ0v) is 56.3. The van der Waals surface area contributed by atoms with Crippen molar-refractivity contribution in [3.63, 3.8) is 0 Å². The molecule has 1 aliphatic heterocycles. The number of nitrogens with zero attached hydrogens (tertiary/aromatic N) is 4. The van der Waals surface area contributed by atoms with Crippen molar-refractivity contribution in [3.05, 3.63) is 0 Å². The van der Waals surface area contributed by atoms with Gasteiger partial charge in [-0.25, -0.2) is 0 Å². The SMILES string of the molecule is CCC(CC)OC(=O)CCCC(O)CN(CCCC(=O)OCCN1CCN(CCSSCCCN(CC(O)CCCCCCC(=O)OCCC(C)C)CC(O)CCCCCCC(=O)OCCC(C)C)CC1)CC(O)CCCC(=O)OC(CC)CC. The molecule has 0 spiro atoms. The van der Waals surface area contributed by atoms with Crippen LogP contribution in [0.5, 0.6) is 0 Å². The highest BCUT2D eigenvalue weighted by Crippen LogP contribution is 2.23. The van der Waals surface area contributed by atoms with Gasteiger partial charge >= 0.3 is 29.8 Å². The van der Waals surface area contributed by atoms with Gasteiger partial charge in [-0.3, -0.25) is 43.6 Å². The molecule has 0 aliphatic carbocycles. The lowest BCUT2D eigenvalue weighted by molar-refractivity contribution is -0.150. The Balaban J connectivity index is 2.49. The van der Waals surface area contributed by atoms with Gasteiger partial charge in [-0.05, 0) is 128 Å². The number of hydrogen-bond donors (Lipinski definition) is 4.